The molecule has 0 nitrogen and oxygen atoms in total. The van der Waals surface area contributed by atoms with Crippen LogP contribution in [0.5, 0.6) is 0 Å². The molecule has 5 rings (SSSR count). The maximum atomic E-state index is 2.61. The second kappa shape index (κ2) is 9.57. The first-order valence-corrected chi connectivity index (χ1v) is 33.8. The molecule has 2 heterocycles. The molecule has 5 aromatic rings. The van der Waals surface area contributed by atoms with Crippen LogP contribution in [0.3, 0.4) is 0 Å². The third-order valence-electron chi connectivity index (χ3n) is 6.59. The molecule has 0 radical (unpaired) electrons. The van der Waals surface area contributed by atoms with Gasteiger partial charge in [0.2, 0.25) is 0 Å². The van der Waals surface area contributed by atoms with Crippen molar-refractivity contribution in [3.8, 4) is 0 Å². The van der Waals surface area contributed by atoms with E-state index in [0.29, 0.717) is 0 Å². The van der Waals surface area contributed by atoms with E-state index in [0.717, 1.165) is 12.8 Å². The number of thiophene rings is 2. The van der Waals surface area contributed by atoms with Crippen LogP contribution >= 0.6 is 22.7 Å². The van der Waals surface area contributed by atoms with Crippen LogP contribution < -0.4 is 5.79 Å². The van der Waals surface area contributed by atoms with Gasteiger partial charge in [0.25, 0.3) is 0 Å². The summed E-state index contributed by atoms with van der Waals surface area (Å²) in [6, 6.07) is 27.4. The first kappa shape index (κ1) is 24.9. The van der Waals surface area contributed by atoms with Crippen molar-refractivity contribution in [1.29, 1.82) is 0 Å². The molecule has 0 bridgehead atoms. The van der Waals surface area contributed by atoms with Crippen LogP contribution in [0.2, 0.25) is 29.6 Å². The van der Waals surface area contributed by atoms with Crippen LogP contribution in [-0.2, 0) is 12.8 Å². The van der Waals surface area contributed by atoms with Crippen LogP contribution in [-0.4, -0.2) is 36.8 Å². The topological polar surface area (TPSA) is 0 Å². The van der Waals surface area contributed by atoms with E-state index >= 15 is 0 Å². The minimum absolute atomic E-state index is 1.02. The quantitative estimate of drug-likeness (QED) is 0.157. The number of hydrogen-bond acceptors (Lipinski definition) is 2. The van der Waals surface area contributed by atoms with Crippen LogP contribution in [0.1, 0.15) is 22.3 Å². The van der Waals surface area contributed by atoms with Gasteiger partial charge in [0.1, 0.15) is 0 Å². The Kier molecular flexibility index (Phi) is 6.99. The van der Waals surface area contributed by atoms with Gasteiger partial charge in [-0.05, 0) is 0 Å². The van der Waals surface area contributed by atoms with Gasteiger partial charge in [0.05, 0.1) is 0 Å². The van der Waals surface area contributed by atoms with E-state index in [1.807, 2.05) is 0 Å². The summed E-state index contributed by atoms with van der Waals surface area (Å²) in [6.45, 7) is 0. The molecule has 3 aromatic carbocycles. The zero-order chi connectivity index (χ0) is 24.1. The molecule has 0 aliphatic heterocycles. The monoisotopic (exact) mass is 698 g/mol. The van der Waals surface area contributed by atoms with E-state index in [1.54, 1.807) is 26.3 Å². The van der Waals surface area contributed by atoms with Gasteiger partial charge in [-0.15, -0.1) is 0 Å². The number of hydrogen-bond donors (Lipinski definition) is 0. The molecule has 0 aliphatic carbocycles. The second-order valence-corrected chi connectivity index (χ2v) is 44.4. The SMILES string of the molecule is [CH3][Sn]([CH3])([CH3])[c]1cc2c(Cc3ccccc3)c3s[c]([Sn]([CH3])([CH3])[CH3])cc3c(Cc3ccccc3)c2s1. The fourth-order valence-electron chi connectivity index (χ4n) is 4.61. The summed E-state index contributed by atoms with van der Waals surface area (Å²) in [6.07, 6.45) is 2.05. The molecule has 2 aromatic heterocycles. The Balaban J connectivity index is 1.84. The average molecular weight is 696 g/mol. The molecule has 0 saturated heterocycles. The first-order valence-electron chi connectivity index (χ1n) is 12.2. The minimum atomic E-state index is -2.21. The summed E-state index contributed by atoms with van der Waals surface area (Å²) >= 11 is -0.176. The van der Waals surface area contributed by atoms with Gasteiger partial charge in [-0.25, -0.2) is 0 Å². The zero-order valence-corrected chi connectivity index (χ0v) is 28.5. The van der Waals surface area contributed by atoms with Crippen molar-refractivity contribution >= 4 is 85.4 Å². The Labute approximate surface area is 220 Å². The maximum absolute atomic E-state index is 2.61. The van der Waals surface area contributed by atoms with E-state index in [2.05, 4.69) is 125 Å². The average Bonchev–Trinajstić information content (AvgIpc) is 3.43. The summed E-state index contributed by atoms with van der Waals surface area (Å²) < 4.78 is 6.50. The van der Waals surface area contributed by atoms with E-state index in [4.69, 9.17) is 0 Å². The Morgan fingerprint density at radius 1 is 0.529 bits per heavy atom. The third kappa shape index (κ3) is 5.02. The molecular formula is C30H34S2Sn2. The molecule has 0 spiro atoms. The molecule has 4 heteroatoms. The van der Waals surface area contributed by atoms with E-state index in [1.165, 1.54) is 21.9 Å². The van der Waals surface area contributed by atoms with Crippen molar-refractivity contribution in [2.75, 3.05) is 0 Å². The van der Waals surface area contributed by atoms with Gasteiger partial charge in [-0.2, -0.15) is 0 Å². The van der Waals surface area contributed by atoms with Crippen molar-refractivity contribution in [2.45, 2.75) is 42.5 Å². The molecule has 0 atom stereocenters. The molecule has 0 fully saturated rings. The molecule has 0 saturated carbocycles. The first-order chi connectivity index (χ1) is 16.1. The number of fused-ring (bicyclic) bond motifs is 2. The molecule has 0 unspecified atom stereocenters. The Morgan fingerprint density at radius 3 is 1.21 bits per heavy atom. The molecule has 174 valence electrons. The molecular weight excluding hydrogens is 662 g/mol. The standard InChI is InChI=1S/C24H16S2.6CH3.2Sn/c1-3-7-17(8-4-1)15-21-19-11-13-26-24(19)22(20-12-14-25-23(20)21)16-18-9-5-2-6-10-18;;;;;;;;/h1-12H,15-16H2;6*1H3;;. The van der Waals surface area contributed by atoms with Gasteiger partial charge >= 0.3 is 223 Å². The number of benzene rings is 3. The predicted molar refractivity (Wildman–Crippen MR) is 162 cm³/mol. The van der Waals surface area contributed by atoms with Crippen LogP contribution in [0, 0.1) is 0 Å². The van der Waals surface area contributed by atoms with Crippen molar-refractivity contribution in [3.05, 3.63) is 95.1 Å². The van der Waals surface area contributed by atoms with Crippen molar-refractivity contribution in [1.82, 2.24) is 0 Å². The molecule has 34 heavy (non-hydrogen) atoms. The Morgan fingerprint density at radius 2 is 0.882 bits per heavy atom. The van der Waals surface area contributed by atoms with Crippen molar-refractivity contribution in [3.63, 3.8) is 0 Å². The van der Waals surface area contributed by atoms with Crippen molar-refractivity contribution in [2.24, 2.45) is 0 Å². The number of rotatable bonds is 6. The zero-order valence-electron chi connectivity index (χ0n) is 21.2. The summed E-state index contributed by atoms with van der Waals surface area (Å²) in [5.41, 5.74) is 5.97. The van der Waals surface area contributed by atoms with Crippen LogP contribution in [0.15, 0.2) is 72.8 Å². The molecule has 0 N–H and O–H groups in total. The molecule has 0 amide bonds. The second-order valence-electron chi connectivity index (χ2n) is 11.5. The van der Waals surface area contributed by atoms with Crippen molar-refractivity contribution < 1.29 is 0 Å². The van der Waals surface area contributed by atoms with E-state index in [9.17, 15) is 0 Å². The van der Waals surface area contributed by atoms with Gasteiger partial charge < -0.3 is 0 Å². The van der Waals surface area contributed by atoms with Gasteiger partial charge in [0.15, 0.2) is 0 Å². The fourth-order valence-corrected chi connectivity index (χ4v) is 17.5. The van der Waals surface area contributed by atoms with E-state index < -0.39 is 36.8 Å². The van der Waals surface area contributed by atoms with E-state index in [-0.39, 0.29) is 0 Å². The summed E-state index contributed by atoms with van der Waals surface area (Å²) in [5.74, 6) is 0. The summed E-state index contributed by atoms with van der Waals surface area (Å²) in [4.78, 5) is 15.3. The Hall–Kier alpha value is -0.823. The third-order valence-corrected chi connectivity index (χ3v) is 27.8. The fraction of sp³-hybridized carbons (Fsp3) is 0.267. The Bertz CT molecular complexity index is 1280. The van der Waals surface area contributed by atoms with Crippen LogP contribution in [0.25, 0.3) is 20.2 Å². The van der Waals surface area contributed by atoms with Gasteiger partial charge in [-0.1, -0.05) is 0 Å². The predicted octanol–water partition coefficient (Wildman–Crippen LogP) is 8.39. The van der Waals surface area contributed by atoms with Gasteiger partial charge in [0, 0.05) is 0 Å². The van der Waals surface area contributed by atoms with Crippen LogP contribution in [0.4, 0.5) is 0 Å². The summed E-state index contributed by atoms with van der Waals surface area (Å²) in [5, 5.41) is 3.07. The molecule has 0 aliphatic rings. The summed E-state index contributed by atoms with van der Waals surface area (Å²) in [7, 11) is 0. The van der Waals surface area contributed by atoms with Gasteiger partial charge in [-0.3, -0.25) is 0 Å². The normalized spacial score (nSPS) is 12.6.